The van der Waals surface area contributed by atoms with Gasteiger partial charge < -0.3 is 15.1 Å². The van der Waals surface area contributed by atoms with Crippen LogP contribution in [0.25, 0.3) is 33.2 Å². The van der Waals surface area contributed by atoms with Crippen LogP contribution in [0.4, 0.5) is 18.9 Å². The third kappa shape index (κ3) is 4.45. The third-order valence-electron chi connectivity index (χ3n) is 5.30. The predicted octanol–water partition coefficient (Wildman–Crippen LogP) is 3.27. The van der Waals surface area contributed by atoms with Crippen LogP contribution >= 0.6 is 0 Å². The Morgan fingerprint density at radius 2 is 1.94 bits per heavy atom. The zero-order chi connectivity index (χ0) is 25.5. The van der Waals surface area contributed by atoms with E-state index < -0.39 is 28.2 Å². The van der Waals surface area contributed by atoms with Crippen molar-refractivity contribution in [3.8, 4) is 11.3 Å². The molecule has 0 atom stereocenters. The summed E-state index contributed by atoms with van der Waals surface area (Å²) in [5, 5.41) is 11.7. The van der Waals surface area contributed by atoms with E-state index in [0.717, 1.165) is 19.1 Å². The zero-order valence-corrected chi connectivity index (χ0v) is 18.2. The molecule has 10 nitrogen and oxygen atoms in total. The summed E-state index contributed by atoms with van der Waals surface area (Å²) in [6, 6.07) is 6.60. The number of rotatable bonds is 6. The van der Waals surface area contributed by atoms with E-state index in [4.69, 9.17) is 10.6 Å². The van der Waals surface area contributed by atoms with Crippen LogP contribution in [0, 0.1) is 10.1 Å². The second-order valence-corrected chi connectivity index (χ2v) is 7.68. The number of hydrogen-bond acceptors (Lipinski definition) is 7. The van der Waals surface area contributed by atoms with Gasteiger partial charge in [-0.2, -0.15) is 13.2 Å². The van der Waals surface area contributed by atoms with Crippen LogP contribution in [0.5, 0.6) is 0 Å². The number of nitro benzene ring substituents is 1. The molecule has 2 aromatic carbocycles. The summed E-state index contributed by atoms with van der Waals surface area (Å²) < 4.78 is 41.9. The molecule has 0 aliphatic rings. The van der Waals surface area contributed by atoms with Gasteiger partial charge in [-0.3, -0.25) is 14.9 Å². The highest BCUT2D eigenvalue weighted by atomic mass is 19.4. The summed E-state index contributed by atoms with van der Waals surface area (Å²) in [6.45, 7) is 1.73. The smallest absolute Gasteiger partial charge is 0.347 e. The van der Waals surface area contributed by atoms with E-state index >= 15 is 0 Å². The maximum atomic E-state index is 13.3. The number of nitrogens with two attached hydrogens (primary N) is 1. The second kappa shape index (κ2) is 8.83. The molecule has 0 aliphatic carbocycles. The Labute approximate surface area is 194 Å². The van der Waals surface area contributed by atoms with E-state index in [9.17, 15) is 32.9 Å². The number of nitro groups is 1. The van der Waals surface area contributed by atoms with Gasteiger partial charge in [0.1, 0.15) is 11.2 Å². The molecule has 0 saturated carbocycles. The van der Waals surface area contributed by atoms with Gasteiger partial charge in [0.05, 0.1) is 21.5 Å². The van der Waals surface area contributed by atoms with Crippen LogP contribution in [-0.4, -0.2) is 31.7 Å². The first-order valence-electron chi connectivity index (χ1n) is 10.3. The highest BCUT2D eigenvalue weighted by Gasteiger charge is 2.31. The van der Waals surface area contributed by atoms with Crippen LogP contribution in [-0.2, 0) is 17.5 Å². The lowest BCUT2D eigenvalue weighted by molar-refractivity contribution is -0.384. The number of aromatic nitrogens is 3. The Balaban J connectivity index is 2.03. The van der Waals surface area contributed by atoms with Crippen molar-refractivity contribution in [2.75, 3.05) is 6.54 Å². The summed E-state index contributed by atoms with van der Waals surface area (Å²) in [7, 11) is 0. The first-order chi connectivity index (χ1) is 16.5. The molecule has 0 fully saturated rings. The van der Waals surface area contributed by atoms with Gasteiger partial charge in [-0.05, 0) is 37.2 Å². The van der Waals surface area contributed by atoms with Crippen molar-refractivity contribution in [2.24, 2.45) is 5.73 Å². The maximum Gasteiger partial charge on any atom is 0.416 e. The number of hydrogen-bond donors (Lipinski definition) is 1. The molecule has 0 saturated heterocycles. The van der Waals surface area contributed by atoms with Crippen LogP contribution in [0.1, 0.15) is 18.9 Å². The maximum absolute atomic E-state index is 13.3. The van der Waals surface area contributed by atoms with Gasteiger partial charge in [-0.25, -0.2) is 9.78 Å². The molecule has 0 aliphatic heterocycles. The lowest BCUT2D eigenvalue weighted by atomic mass is 10.1. The van der Waals surface area contributed by atoms with E-state index in [1.54, 1.807) is 10.8 Å². The molecule has 35 heavy (non-hydrogen) atoms. The molecule has 4 rings (SSSR count). The number of carbonyl (C=O) groups excluding carboxylic acids is 1. The topological polar surface area (TPSA) is 135 Å². The Hall–Kier alpha value is -4.26. The van der Waals surface area contributed by atoms with Gasteiger partial charge >= 0.3 is 17.7 Å². The zero-order valence-electron chi connectivity index (χ0n) is 18.2. The van der Waals surface area contributed by atoms with Gasteiger partial charge in [-0.1, -0.05) is 0 Å². The summed E-state index contributed by atoms with van der Waals surface area (Å²) in [5.74, 6) is -0.927. The first-order valence-corrected chi connectivity index (χ1v) is 10.3. The number of carbonyl (C=O) groups is 1. The largest absolute Gasteiger partial charge is 0.416 e. The highest BCUT2D eigenvalue weighted by Crippen LogP contribution is 2.33. The number of alkyl halides is 3. The number of fused-ring (bicyclic) bond motifs is 2. The number of halogens is 3. The quantitative estimate of drug-likeness (QED) is 0.324. The molecule has 2 heterocycles. The molecule has 2 aromatic heterocycles. The van der Waals surface area contributed by atoms with Crippen LogP contribution in [0.2, 0.25) is 0 Å². The van der Waals surface area contributed by atoms with Gasteiger partial charge in [0.15, 0.2) is 0 Å². The standard InChI is InChI=1S/C22H18F3N5O5/c1-12(31)35-29-19-9-13(22(23,24)25)3-6-17(19)27-20(21(29)32)16-11-28(8-2-7-26)18-10-14(30(33)34)4-5-15(16)18/h3-6,9-11H,2,7-8,26H2,1H3. The average molecular weight is 489 g/mol. The molecule has 0 spiro atoms. The van der Waals surface area contributed by atoms with Crippen molar-refractivity contribution in [3.63, 3.8) is 0 Å². The Morgan fingerprint density at radius 3 is 2.57 bits per heavy atom. The molecule has 4 aromatic rings. The molecule has 0 amide bonds. The van der Waals surface area contributed by atoms with Gasteiger partial charge in [0.25, 0.3) is 5.69 Å². The van der Waals surface area contributed by atoms with Crippen molar-refractivity contribution in [1.29, 1.82) is 0 Å². The number of aryl methyl sites for hydroxylation is 1. The van der Waals surface area contributed by atoms with Gasteiger partial charge in [0, 0.05) is 42.7 Å². The van der Waals surface area contributed by atoms with Crippen LogP contribution in [0.3, 0.4) is 0 Å². The Kier molecular flexibility index (Phi) is 6.03. The minimum Gasteiger partial charge on any atom is -0.347 e. The van der Waals surface area contributed by atoms with Gasteiger partial charge in [0.2, 0.25) is 0 Å². The van der Waals surface area contributed by atoms with E-state index in [0.29, 0.717) is 41.2 Å². The van der Waals surface area contributed by atoms with E-state index in [1.165, 1.54) is 18.2 Å². The summed E-state index contributed by atoms with van der Waals surface area (Å²) in [6.07, 6.45) is -2.61. The SMILES string of the molecule is CC(=O)On1c(=O)c(-c2cn(CCCN)c3cc([N+](=O)[O-])ccc23)nc2ccc(C(F)(F)F)cc21. The molecular formula is C22H18F3N5O5. The van der Waals surface area contributed by atoms with E-state index in [2.05, 4.69) is 4.98 Å². The first kappa shape index (κ1) is 23.9. The van der Waals surface area contributed by atoms with Crippen molar-refractivity contribution in [2.45, 2.75) is 26.1 Å². The molecule has 0 unspecified atom stereocenters. The summed E-state index contributed by atoms with van der Waals surface area (Å²) >= 11 is 0. The molecule has 0 bridgehead atoms. The minimum absolute atomic E-state index is 0.0291. The molecular weight excluding hydrogens is 471 g/mol. The summed E-state index contributed by atoms with van der Waals surface area (Å²) in [5.41, 5.74) is 3.54. The fourth-order valence-corrected chi connectivity index (χ4v) is 3.75. The lowest BCUT2D eigenvalue weighted by Crippen LogP contribution is -2.32. The van der Waals surface area contributed by atoms with Crippen LogP contribution < -0.4 is 16.1 Å². The van der Waals surface area contributed by atoms with E-state index in [1.807, 2.05) is 0 Å². The minimum atomic E-state index is -4.70. The predicted molar refractivity (Wildman–Crippen MR) is 120 cm³/mol. The van der Waals surface area contributed by atoms with Crippen molar-refractivity contribution < 1.29 is 27.7 Å². The fourth-order valence-electron chi connectivity index (χ4n) is 3.75. The van der Waals surface area contributed by atoms with E-state index in [-0.39, 0.29) is 28.0 Å². The normalized spacial score (nSPS) is 11.8. The Morgan fingerprint density at radius 1 is 1.20 bits per heavy atom. The fraction of sp³-hybridized carbons (Fsp3) is 0.227. The van der Waals surface area contributed by atoms with Crippen LogP contribution in [0.15, 0.2) is 47.4 Å². The molecule has 13 heteroatoms. The monoisotopic (exact) mass is 489 g/mol. The number of benzene rings is 2. The molecule has 0 radical (unpaired) electrons. The average Bonchev–Trinajstić information content (AvgIpc) is 3.15. The highest BCUT2D eigenvalue weighted by molar-refractivity contribution is 5.97. The van der Waals surface area contributed by atoms with Gasteiger partial charge in [-0.15, -0.1) is 4.73 Å². The van der Waals surface area contributed by atoms with Crippen molar-refractivity contribution in [1.82, 2.24) is 14.3 Å². The summed E-state index contributed by atoms with van der Waals surface area (Å²) in [4.78, 5) is 45.0. The third-order valence-corrected chi connectivity index (χ3v) is 5.30. The lowest BCUT2D eigenvalue weighted by Gasteiger charge is -2.13. The second-order valence-electron chi connectivity index (χ2n) is 7.68. The molecule has 2 N–H and O–H groups in total. The van der Waals surface area contributed by atoms with Crippen molar-refractivity contribution in [3.05, 3.63) is 68.6 Å². The Bertz CT molecular complexity index is 1540. The van der Waals surface area contributed by atoms with Crippen molar-refractivity contribution >= 4 is 33.6 Å². The number of nitrogens with zero attached hydrogens (tertiary/aromatic N) is 4. The molecule has 182 valence electrons. The number of non-ortho nitro benzene ring substituents is 1.